The summed E-state index contributed by atoms with van der Waals surface area (Å²) in [6.45, 7) is 0.182. The molecule has 8 heteroatoms. The Morgan fingerprint density at radius 3 is 2.60 bits per heavy atom. The van der Waals surface area contributed by atoms with E-state index in [4.69, 9.17) is 5.26 Å². The number of ether oxygens (including phenoxy) is 1. The van der Waals surface area contributed by atoms with Crippen molar-refractivity contribution in [2.45, 2.75) is 19.1 Å². The van der Waals surface area contributed by atoms with Gasteiger partial charge in [-0.05, 0) is 36.8 Å². The number of rotatable bonds is 5. The van der Waals surface area contributed by atoms with Crippen LogP contribution in [0.1, 0.15) is 34.5 Å². The van der Waals surface area contributed by atoms with Crippen molar-refractivity contribution in [1.29, 1.82) is 5.26 Å². The molecule has 1 amide bonds. The standard InChI is InChI=1S/C17H14F3N3O2/c1-11(13-6-4-12(9-21)5-7-13)23-15(24)14-3-2-8-22-16(14)25-10-17(18,19)20/h2-8,11H,10H2,1H3,(H,23,24). The molecule has 0 fully saturated rings. The Labute approximate surface area is 142 Å². The molecule has 0 radical (unpaired) electrons. The number of aromatic nitrogens is 1. The molecule has 5 nitrogen and oxygen atoms in total. The number of nitrogens with one attached hydrogen (secondary N) is 1. The molecule has 1 N–H and O–H groups in total. The number of hydrogen-bond acceptors (Lipinski definition) is 4. The lowest BCUT2D eigenvalue weighted by atomic mass is 10.1. The number of benzene rings is 1. The van der Waals surface area contributed by atoms with Crippen LogP contribution in [0.15, 0.2) is 42.6 Å². The minimum Gasteiger partial charge on any atom is -0.467 e. The van der Waals surface area contributed by atoms with Crippen molar-refractivity contribution < 1.29 is 22.7 Å². The number of nitrogens with zero attached hydrogens (tertiary/aromatic N) is 2. The van der Waals surface area contributed by atoms with Gasteiger partial charge in [0.25, 0.3) is 5.91 Å². The van der Waals surface area contributed by atoms with Crippen molar-refractivity contribution in [2.75, 3.05) is 6.61 Å². The average Bonchev–Trinajstić information content (AvgIpc) is 2.59. The smallest absolute Gasteiger partial charge is 0.422 e. The maximum Gasteiger partial charge on any atom is 0.422 e. The molecular weight excluding hydrogens is 335 g/mol. The van der Waals surface area contributed by atoms with Gasteiger partial charge in [0.15, 0.2) is 6.61 Å². The van der Waals surface area contributed by atoms with E-state index in [0.29, 0.717) is 5.56 Å². The zero-order valence-corrected chi connectivity index (χ0v) is 13.2. The number of carbonyl (C=O) groups excluding carboxylic acids is 1. The summed E-state index contributed by atoms with van der Waals surface area (Å²) in [5.74, 6) is -0.994. The minimum atomic E-state index is -4.53. The highest BCUT2D eigenvalue weighted by Gasteiger charge is 2.29. The van der Waals surface area contributed by atoms with Gasteiger partial charge in [-0.25, -0.2) is 4.98 Å². The monoisotopic (exact) mass is 349 g/mol. The van der Waals surface area contributed by atoms with Crippen LogP contribution in [-0.2, 0) is 0 Å². The van der Waals surface area contributed by atoms with Crippen LogP contribution >= 0.6 is 0 Å². The van der Waals surface area contributed by atoms with Gasteiger partial charge in [0.05, 0.1) is 17.7 Å². The van der Waals surface area contributed by atoms with Gasteiger partial charge in [-0.2, -0.15) is 18.4 Å². The fourth-order valence-electron chi connectivity index (χ4n) is 2.03. The molecule has 1 aromatic carbocycles. The van der Waals surface area contributed by atoms with Crippen molar-refractivity contribution >= 4 is 5.91 Å². The van der Waals surface area contributed by atoms with E-state index in [1.165, 1.54) is 18.3 Å². The maximum atomic E-state index is 12.3. The molecule has 0 saturated heterocycles. The number of amides is 1. The van der Waals surface area contributed by atoms with E-state index in [0.717, 1.165) is 5.56 Å². The maximum absolute atomic E-state index is 12.3. The average molecular weight is 349 g/mol. The lowest BCUT2D eigenvalue weighted by molar-refractivity contribution is -0.154. The number of hydrogen-bond donors (Lipinski definition) is 1. The van der Waals surface area contributed by atoms with Gasteiger partial charge in [-0.1, -0.05) is 12.1 Å². The Hall–Kier alpha value is -3.08. The summed E-state index contributed by atoms with van der Waals surface area (Å²) in [6, 6.07) is 10.9. The van der Waals surface area contributed by atoms with E-state index in [1.807, 2.05) is 6.07 Å². The normalized spacial score (nSPS) is 12.1. The first-order chi connectivity index (χ1) is 11.8. The van der Waals surface area contributed by atoms with Crippen LogP contribution in [0.25, 0.3) is 0 Å². The summed E-state index contributed by atoms with van der Waals surface area (Å²) < 4.78 is 41.5. The van der Waals surface area contributed by atoms with Crippen molar-refractivity contribution in [1.82, 2.24) is 10.3 Å². The molecule has 1 unspecified atom stereocenters. The van der Waals surface area contributed by atoms with Gasteiger partial charge in [0.1, 0.15) is 5.56 Å². The first-order valence-electron chi connectivity index (χ1n) is 7.25. The number of alkyl halides is 3. The topological polar surface area (TPSA) is 75.0 Å². The highest BCUT2D eigenvalue weighted by Crippen LogP contribution is 2.21. The van der Waals surface area contributed by atoms with Gasteiger partial charge < -0.3 is 10.1 Å². The SMILES string of the molecule is CC(NC(=O)c1cccnc1OCC(F)(F)F)c1ccc(C#N)cc1. The zero-order chi connectivity index (χ0) is 18.4. The van der Waals surface area contributed by atoms with E-state index >= 15 is 0 Å². The molecular formula is C17H14F3N3O2. The highest BCUT2D eigenvalue weighted by molar-refractivity contribution is 5.96. The molecule has 2 aromatic rings. The van der Waals surface area contributed by atoms with Crippen molar-refractivity contribution in [3.63, 3.8) is 0 Å². The molecule has 0 aliphatic heterocycles. The zero-order valence-electron chi connectivity index (χ0n) is 13.2. The van der Waals surface area contributed by atoms with Gasteiger partial charge in [-0.3, -0.25) is 4.79 Å². The summed E-state index contributed by atoms with van der Waals surface area (Å²) in [4.78, 5) is 16.0. The lowest BCUT2D eigenvalue weighted by Crippen LogP contribution is -2.28. The molecule has 1 heterocycles. The van der Waals surface area contributed by atoms with Crippen LogP contribution < -0.4 is 10.1 Å². The van der Waals surface area contributed by atoms with Crippen molar-refractivity contribution in [3.8, 4) is 11.9 Å². The van der Waals surface area contributed by atoms with Gasteiger partial charge in [0.2, 0.25) is 5.88 Å². The van der Waals surface area contributed by atoms with Crippen LogP contribution in [0.2, 0.25) is 0 Å². The predicted octanol–water partition coefficient (Wildman–Crippen LogP) is 3.39. The molecule has 130 valence electrons. The van der Waals surface area contributed by atoms with Gasteiger partial charge in [0, 0.05) is 6.20 Å². The summed E-state index contributed by atoms with van der Waals surface area (Å²) in [6.07, 6.45) is -3.28. The molecule has 0 spiro atoms. The molecule has 0 saturated carbocycles. The second-order valence-corrected chi connectivity index (χ2v) is 5.19. The minimum absolute atomic E-state index is 0.0905. The lowest BCUT2D eigenvalue weighted by Gasteiger charge is -2.16. The fourth-order valence-corrected chi connectivity index (χ4v) is 2.03. The first-order valence-corrected chi connectivity index (χ1v) is 7.25. The fraction of sp³-hybridized carbons (Fsp3) is 0.235. The molecule has 0 bridgehead atoms. The van der Waals surface area contributed by atoms with Crippen LogP contribution in [0, 0.1) is 11.3 Å². The summed E-state index contributed by atoms with van der Waals surface area (Å²) in [7, 11) is 0. The van der Waals surface area contributed by atoms with Crippen LogP contribution in [0.3, 0.4) is 0 Å². The molecule has 1 aromatic heterocycles. The predicted molar refractivity (Wildman–Crippen MR) is 82.8 cm³/mol. The third-order valence-electron chi connectivity index (χ3n) is 3.28. The van der Waals surface area contributed by atoms with E-state index < -0.39 is 24.7 Å². The summed E-state index contributed by atoms with van der Waals surface area (Å²) >= 11 is 0. The van der Waals surface area contributed by atoms with E-state index in [1.54, 1.807) is 31.2 Å². The highest BCUT2D eigenvalue weighted by atomic mass is 19.4. The Bertz CT molecular complexity index is 783. The Kier molecular flexibility index (Phi) is 5.60. The number of carbonyl (C=O) groups is 1. The quantitative estimate of drug-likeness (QED) is 0.898. The third-order valence-corrected chi connectivity index (χ3v) is 3.28. The molecule has 1 atom stereocenters. The Morgan fingerprint density at radius 1 is 1.32 bits per heavy atom. The van der Waals surface area contributed by atoms with Gasteiger partial charge in [-0.15, -0.1) is 0 Å². The summed E-state index contributed by atoms with van der Waals surface area (Å²) in [5.41, 5.74) is 1.14. The van der Waals surface area contributed by atoms with E-state index in [9.17, 15) is 18.0 Å². The Balaban J connectivity index is 2.10. The van der Waals surface area contributed by atoms with Crippen molar-refractivity contribution in [2.24, 2.45) is 0 Å². The summed E-state index contributed by atoms with van der Waals surface area (Å²) in [5, 5.41) is 11.4. The third kappa shape index (κ3) is 5.21. The second-order valence-electron chi connectivity index (χ2n) is 5.19. The van der Waals surface area contributed by atoms with E-state index in [-0.39, 0.29) is 11.4 Å². The van der Waals surface area contributed by atoms with Crippen LogP contribution in [-0.4, -0.2) is 23.7 Å². The largest absolute Gasteiger partial charge is 0.467 e. The molecule has 25 heavy (non-hydrogen) atoms. The second kappa shape index (κ2) is 7.66. The first kappa shape index (κ1) is 18.3. The number of pyridine rings is 1. The van der Waals surface area contributed by atoms with E-state index in [2.05, 4.69) is 15.0 Å². The number of nitriles is 1. The number of halogens is 3. The molecule has 0 aliphatic rings. The molecule has 2 rings (SSSR count). The van der Waals surface area contributed by atoms with Crippen molar-refractivity contribution in [3.05, 3.63) is 59.3 Å². The van der Waals surface area contributed by atoms with Crippen LogP contribution in [0.5, 0.6) is 5.88 Å². The Morgan fingerprint density at radius 2 is 2.00 bits per heavy atom. The molecule has 0 aliphatic carbocycles. The van der Waals surface area contributed by atoms with Gasteiger partial charge >= 0.3 is 6.18 Å². The van der Waals surface area contributed by atoms with Crippen LogP contribution in [0.4, 0.5) is 13.2 Å².